The number of carbonyl (C=O) groups is 1. The summed E-state index contributed by atoms with van der Waals surface area (Å²) >= 11 is 0. The molecule has 0 radical (unpaired) electrons. The summed E-state index contributed by atoms with van der Waals surface area (Å²) in [5, 5.41) is 15.1. The first-order valence-electron chi connectivity index (χ1n) is 7.23. The topological polar surface area (TPSA) is 80.0 Å². The number of aliphatic carboxylic acids is 1. The second-order valence-corrected chi connectivity index (χ2v) is 5.34. The minimum absolute atomic E-state index is 0.0153. The second-order valence-electron chi connectivity index (χ2n) is 5.34. The average molecular weight is 350 g/mol. The van der Waals surface area contributed by atoms with E-state index in [2.05, 4.69) is 15.4 Å². The molecule has 0 aliphatic carbocycles. The maximum Gasteiger partial charge on any atom is 0.417 e. The van der Waals surface area contributed by atoms with Gasteiger partial charge in [0, 0.05) is 12.6 Å². The Morgan fingerprint density at radius 3 is 2.56 bits per heavy atom. The number of benzene rings is 1. The van der Waals surface area contributed by atoms with Crippen LogP contribution in [0.25, 0.3) is 22.3 Å². The van der Waals surface area contributed by atoms with Crippen molar-refractivity contribution in [2.45, 2.75) is 6.18 Å². The van der Waals surface area contributed by atoms with E-state index in [0.29, 0.717) is 5.56 Å². The van der Waals surface area contributed by atoms with Crippen LogP contribution in [0.3, 0.4) is 0 Å². The first-order chi connectivity index (χ1) is 11.8. The quantitative estimate of drug-likeness (QED) is 0.756. The molecule has 0 amide bonds. The molecule has 0 bridgehead atoms. The standard InChI is InChI=1S/C16H13F3N4O2/c1-23-15-13(14(22-23)9-5-3-2-4-6-9)10(16(17,18)19)7-11(21-15)20-8-12(24)25/h2-7H,8H2,1H3,(H,20,21)(H,24,25). The number of carboxylic acids is 1. The molecule has 25 heavy (non-hydrogen) atoms. The third-order valence-electron chi connectivity index (χ3n) is 3.57. The number of nitrogens with zero attached hydrogens (tertiary/aromatic N) is 3. The van der Waals surface area contributed by atoms with Crippen LogP contribution in [-0.4, -0.2) is 32.4 Å². The number of anilines is 1. The third-order valence-corrected chi connectivity index (χ3v) is 3.57. The van der Waals surface area contributed by atoms with Crippen molar-refractivity contribution in [3.63, 3.8) is 0 Å². The van der Waals surface area contributed by atoms with Gasteiger partial charge in [0.1, 0.15) is 18.1 Å². The summed E-state index contributed by atoms with van der Waals surface area (Å²) in [7, 11) is 1.49. The van der Waals surface area contributed by atoms with Gasteiger partial charge in [-0.3, -0.25) is 4.79 Å². The molecule has 2 aromatic heterocycles. The van der Waals surface area contributed by atoms with Crippen molar-refractivity contribution in [2.75, 3.05) is 11.9 Å². The number of alkyl halides is 3. The summed E-state index contributed by atoms with van der Waals surface area (Å²) in [6.45, 7) is -0.542. The molecule has 3 rings (SSSR count). The van der Waals surface area contributed by atoms with Crippen molar-refractivity contribution in [3.8, 4) is 11.3 Å². The predicted octanol–water partition coefficient (Wildman–Crippen LogP) is 3.15. The molecule has 3 aromatic rings. The number of aryl methyl sites for hydroxylation is 1. The Morgan fingerprint density at radius 1 is 1.28 bits per heavy atom. The minimum atomic E-state index is -4.65. The van der Waals surface area contributed by atoms with Gasteiger partial charge in [-0.2, -0.15) is 18.3 Å². The Kier molecular flexibility index (Phi) is 4.07. The van der Waals surface area contributed by atoms with E-state index >= 15 is 0 Å². The summed E-state index contributed by atoms with van der Waals surface area (Å²) in [5.41, 5.74) is -0.201. The van der Waals surface area contributed by atoms with Gasteiger partial charge in [-0.15, -0.1) is 0 Å². The molecule has 0 saturated carbocycles. The predicted molar refractivity (Wildman–Crippen MR) is 85.1 cm³/mol. The summed E-state index contributed by atoms with van der Waals surface area (Å²) < 4.78 is 42.0. The van der Waals surface area contributed by atoms with Crippen LogP contribution in [0.4, 0.5) is 19.0 Å². The number of halogens is 3. The van der Waals surface area contributed by atoms with Gasteiger partial charge in [0.2, 0.25) is 0 Å². The van der Waals surface area contributed by atoms with Crippen LogP contribution in [0.1, 0.15) is 5.56 Å². The minimum Gasteiger partial charge on any atom is -0.480 e. The maximum atomic E-state index is 13.6. The Labute approximate surface area is 139 Å². The van der Waals surface area contributed by atoms with Crippen LogP contribution < -0.4 is 5.32 Å². The highest BCUT2D eigenvalue weighted by molar-refractivity contribution is 5.95. The molecule has 0 spiro atoms. The van der Waals surface area contributed by atoms with E-state index in [9.17, 15) is 18.0 Å². The van der Waals surface area contributed by atoms with E-state index in [1.165, 1.54) is 11.7 Å². The summed E-state index contributed by atoms with van der Waals surface area (Å²) in [6.07, 6.45) is -4.65. The number of nitrogens with one attached hydrogen (secondary N) is 1. The van der Waals surface area contributed by atoms with Gasteiger partial charge >= 0.3 is 12.1 Å². The van der Waals surface area contributed by atoms with Crippen LogP contribution in [-0.2, 0) is 18.0 Å². The first-order valence-corrected chi connectivity index (χ1v) is 7.23. The molecule has 0 aliphatic heterocycles. The van der Waals surface area contributed by atoms with Crippen molar-refractivity contribution in [2.24, 2.45) is 7.05 Å². The highest BCUT2D eigenvalue weighted by atomic mass is 19.4. The van der Waals surface area contributed by atoms with Gasteiger partial charge in [-0.25, -0.2) is 9.67 Å². The number of hydrogen-bond donors (Lipinski definition) is 2. The van der Waals surface area contributed by atoms with E-state index in [0.717, 1.165) is 6.07 Å². The normalized spacial score (nSPS) is 11.7. The summed E-state index contributed by atoms with van der Waals surface area (Å²) in [4.78, 5) is 14.7. The summed E-state index contributed by atoms with van der Waals surface area (Å²) in [5.74, 6) is -1.38. The van der Waals surface area contributed by atoms with Gasteiger partial charge in [-0.05, 0) is 6.07 Å². The zero-order valence-electron chi connectivity index (χ0n) is 13.0. The molecule has 0 saturated heterocycles. The number of aromatic nitrogens is 3. The fraction of sp³-hybridized carbons (Fsp3) is 0.188. The second kappa shape index (κ2) is 6.08. The van der Waals surface area contributed by atoms with Gasteiger partial charge < -0.3 is 10.4 Å². The molecule has 1 aromatic carbocycles. The van der Waals surface area contributed by atoms with E-state index in [1.54, 1.807) is 30.3 Å². The molecule has 2 heterocycles. The Bertz CT molecular complexity index is 936. The lowest BCUT2D eigenvalue weighted by Gasteiger charge is -2.12. The van der Waals surface area contributed by atoms with E-state index < -0.39 is 24.3 Å². The summed E-state index contributed by atoms with van der Waals surface area (Å²) in [6, 6.07) is 9.31. The van der Waals surface area contributed by atoms with Crippen LogP contribution in [0.15, 0.2) is 36.4 Å². The lowest BCUT2D eigenvalue weighted by atomic mass is 10.0. The molecule has 9 heteroatoms. The fourth-order valence-corrected chi connectivity index (χ4v) is 2.52. The SMILES string of the molecule is Cn1nc(-c2ccccc2)c2c(C(F)(F)F)cc(NCC(=O)O)nc21. The monoisotopic (exact) mass is 350 g/mol. The molecule has 6 nitrogen and oxygen atoms in total. The van der Waals surface area contributed by atoms with Crippen molar-refractivity contribution < 1.29 is 23.1 Å². The molecule has 2 N–H and O–H groups in total. The molecular weight excluding hydrogens is 337 g/mol. The zero-order chi connectivity index (χ0) is 18.2. The van der Waals surface area contributed by atoms with Crippen molar-refractivity contribution >= 4 is 22.8 Å². The average Bonchev–Trinajstić information content (AvgIpc) is 2.89. The lowest BCUT2D eigenvalue weighted by Crippen LogP contribution is -2.15. The zero-order valence-corrected chi connectivity index (χ0v) is 13.0. The fourth-order valence-electron chi connectivity index (χ4n) is 2.52. The smallest absolute Gasteiger partial charge is 0.417 e. The van der Waals surface area contributed by atoms with E-state index in [-0.39, 0.29) is 22.5 Å². The van der Waals surface area contributed by atoms with E-state index in [4.69, 9.17) is 5.11 Å². The Balaban J connectivity index is 2.26. The van der Waals surface area contributed by atoms with Crippen LogP contribution >= 0.6 is 0 Å². The molecule has 0 unspecified atom stereocenters. The maximum absolute atomic E-state index is 13.6. The van der Waals surface area contributed by atoms with Crippen LogP contribution in [0, 0.1) is 0 Å². The van der Waals surface area contributed by atoms with Crippen molar-refractivity contribution in [1.29, 1.82) is 0 Å². The third kappa shape index (κ3) is 3.25. The van der Waals surface area contributed by atoms with Crippen LogP contribution in [0.5, 0.6) is 0 Å². The molecule has 130 valence electrons. The van der Waals surface area contributed by atoms with Crippen molar-refractivity contribution in [1.82, 2.24) is 14.8 Å². The number of fused-ring (bicyclic) bond motifs is 1. The van der Waals surface area contributed by atoms with Crippen molar-refractivity contribution in [3.05, 3.63) is 42.0 Å². The number of rotatable bonds is 4. The Morgan fingerprint density at radius 2 is 1.96 bits per heavy atom. The lowest BCUT2D eigenvalue weighted by molar-refractivity contribution is -0.136. The number of hydrogen-bond acceptors (Lipinski definition) is 4. The highest BCUT2D eigenvalue weighted by Gasteiger charge is 2.36. The molecule has 0 aliphatic rings. The van der Waals surface area contributed by atoms with Crippen LogP contribution in [0.2, 0.25) is 0 Å². The number of carboxylic acid groups (broad SMARTS) is 1. The molecular formula is C16H13F3N4O2. The van der Waals surface area contributed by atoms with Gasteiger partial charge in [0.15, 0.2) is 5.65 Å². The first kappa shape index (κ1) is 16.7. The Hall–Kier alpha value is -3.10. The molecule has 0 atom stereocenters. The van der Waals surface area contributed by atoms with E-state index in [1.807, 2.05) is 0 Å². The van der Waals surface area contributed by atoms with Gasteiger partial charge in [0.05, 0.1) is 10.9 Å². The highest BCUT2D eigenvalue weighted by Crippen LogP contribution is 2.39. The van der Waals surface area contributed by atoms with Gasteiger partial charge in [0.25, 0.3) is 0 Å². The molecule has 0 fully saturated rings. The number of pyridine rings is 1. The largest absolute Gasteiger partial charge is 0.480 e. The van der Waals surface area contributed by atoms with Gasteiger partial charge in [-0.1, -0.05) is 30.3 Å².